The summed E-state index contributed by atoms with van der Waals surface area (Å²) in [6.45, 7) is 1.84. The molecule has 0 bridgehead atoms. The van der Waals surface area contributed by atoms with Gasteiger partial charge in [-0.05, 0) is 48.7 Å². The Balaban J connectivity index is 1.68. The van der Waals surface area contributed by atoms with Gasteiger partial charge in [-0.15, -0.1) is 0 Å². The number of nitrogens with one attached hydrogen (secondary N) is 1. The maximum atomic E-state index is 12.1. The van der Waals surface area contributed by atoms with Gasteiger partial charge in [-0.1, -0.05) is 24.3 Å². The molecule has 4 N–H and O–H groups in total. The van der Waals surface area contributed by atoms with E-state index in [9.17, 15) is 24.9 Å². The molecule has 0 aliphatic carbocycles. The molecule has 1 aromatic heterocycles. The lowest BCUT2D eigenvalue weighted by Crippen LogP contribution is -2.32. The number of amides is 1. The van der Waals surface area contributed by atoms with Crippen molar-refractivity contribution in [2.24, 2.45) is 0 Å². The van der Waals surface area contributed by atoms with Crippen LogP contribution < -0.4 is 5.32 Å². The Morgan fingerprint density at radius 3 is 2.61 bits per heavy atom. The molecule has 0 aliphatic rings. The Morgan fingerprint density at radius 2 is 1.89 bits per heavy atom. The standard InChI is InChI=1S/C21H20N2O5/c1-13(22-20(26)9-7-14-6-8-18(24)19(25)11-14)10-15-12-23(21(27)28)17-5-3-2-4-16(15)17/h2-9,11-13,24-25H,10H2,1H3,(H,22,26)(H,27,28)/t13-/m1/s1. The van der Waals surface area contributed by atoms with Gasteiger partial charge in [0.05, 0.1) is 5.52 Å². The average Bonchev–Trinajstić information content (AvgIpc) is 3.01. The summed E-state index contributed by atoms with van der Waals surface area (Å²) in [5, 5.41) is 31.8. The number of aromatic hydroxyl groups is 2. The molecule has 1 atom stereocenters. The molecule has 1 amide bonds. The molecule has 1 heterocycles. The second-order valence-corrected chi connectivity index (χ2v) is 6.52. The highest BCUT2D eigenvalue weighted by atomic mass is 16.4. The summed E-state index contributed by atoms with van der Waals surface area (Å²) in [6, 6.07) is 11.3. The molecule has 7 nitrogen and oxygen atoms in total. The van der Waals surface area contributed by atoms with Crippen molar-refractivity contribution in [1.29, 1.82) is 0 Å². The fraction of sp³-hybridized carbons (Fsp3) is 0.143. The Labute approximate surface area is 161 Å². The molecule has 0 unspecified atom stereocenters. The number of carbonyl (C=O) groups is 2. The lowest BCUT2D eigenvalue weighted by molar-refractivity contribution is -0.117. The summed E-state index contributed by atoms with van der Waals surface area (Å²) in [5.74, 6) is -0.802. The first kappa shape index (κ1) is 19.0. The first-order valence-corrected chi connectivity index (χ1v) is 8.68. The maximum absolute atomic E-state index is 12.1. The van der Waals surface area contributed by atoms with Gasteiger partial charge in [0.1, 0.15) is 0 Å². The number of carbonyl (C=O) groups excluding carboxylic acids is 1. The zero-order chi connectivity index (χ0) is 20.3. The first-order chi connectivity index (χ1) is 13.3. The van der Waals surface area contributed by atoms with Crippen molar-refractivity contribution in [3.05, 3.63) is 65.9 Å². The van der Waals surface area contributed by atoms with Crippen LogP contribution in [0.15, 0.2) is 54.7 Å². The van der Waals surface area contributed by atoms with Crippen LogP contribution in [0.4, 0.5) is 4.79 Å². The summed E-state index contributed by atoms with van der Waals surface area (Å²) in [4.78, 5) is 23.5. The van der Waals surface area contributed by atoms with E-state index in [0.717, 1.165) is 10.9 Å². The molecule has 3 aromatic rings. The fourth-order valence-corrected chi connectivity index (χ4v) is 3.06. The van der Waals surface area contributed by atoms with Crippen molar-refractivity contribution < 1.29 is 24.9 Å². The minimum absolute atomic E-state index is 0.224. The van der Waals surface area contributed by atoms with Gasteiger partial charge in [0.25, 0.3) is 0 Å². The van der Waals surface area contributed by atoms with Crippen molar-refractivity contribution in [2.45, 2.75) is 19.4 Å². The van der Waals surface area contributed by atoms with Gasteiger partial charge >= 0.3 is 6.09 Å². The number of phenols is 2. The van der Waals surface area contributed by atoms with E-state index in [4.69, 9.17) is 0 Å². The molecule has 0 saturated heterocycles. The molecular formula is C21H20N2O5. The number of para-hydroxylation sites is 1. The van der Waals surface area contributed by atoms with Gasteiger partial charge in [-0.25, -0.2) is 4.79 Å². The van der Waals surface area contributed by atoms with Gasteiger partial charge in [-0.3, -0.25) is 9.36 Å². The van der Waals surface area contributed by atoms with E-state index in [1.54, 1.807) is 24.4 Å². The van der Waals surface area contributed by atoms with E-state index in [2.05, 4.69) is 5.32 Å². The highest BCUT2D eigenvalue weighted by Gasteiger charge is 2.15. The Hall–Kier alpha value is -3.74. The van der Waals surface area contributed by atoms with Crippen molar-refractivity contribution in [3.8, 4) is 11.5 Å². The zero-order valence-electron chi connectivity index (χ0n) is 15.2. The number of phenolic OH excluding ortho intramolecular Hbond substituents is 2. The van der Waals surface area contributed by atoms with Crippen LogP contribution in [-0.4, -0.2) is 37.9 Å². The highest BCUT2D eigenvalue weighted by Crippen LogP contribution is 2.25. The number of fused-ring (bicyclic) bond motifs is 1. The first-order valence-electron chi connectivity index (χ1n) is 8.68. The Kier molecular flexibility index (Phi) is 5.35. The lowest BCUT2D eigenvalue weighted by Gasteiger charge is -2.12. The average molecular weight is 380 g/mol. The smallest absolute Gasteiger partial charge is 0.416 e. The number of rotatable bonds is 5. The van der Waals surface area contributed by atoms with Crippen LogP contribution in [0.5, 0.6) is 11.5 Å². The van der Waals surface area contributed by atoms with E-state index in [0.29, 0.717) is 17.5 Å². The van der Waals surface area contributed by atoms with E-state index < -0.39 is 6.09 Å². The quantitative estimate of drug-likeness (QED) is 0.401. The number of hydrogen-bond donors (Lipinski definition) is 4. The summed E-state index contributed by atoms with van der Waals surface area (Å²) in [6.07, 6.45) is 3.85. The third-order valence-electron chi connectivity index (χ3n) is 4.34. The normalized spacial score (nSPS) is 12.3. The SMILES string of the molecule is C[C@H](Cc1cn(C(=O)O)c2ccccc12)NC(=O)C=Cc1ccc(O)c(O)c1. The number of hydrogen-bond acceptors (Lipinski definition) is 4. The molecule has 144 valence electrons. The van der Waals surface area contributed by atoms with E-state index >= 15 is 0 Å². The monoisotopic (exact) mass is 380 g/mol. The van der Waals surface area contributed by atoms with Gasteiger partial charge in [-0.2, -0.15) is 0 Å². The van der Waals surface area contributed by atoms with Gasteiger partial charge in [0, 0.05) is 23.7 Å². The molecule has 28 heavy (non-hydrogen) atoms. The van der Waals surface area contributed by atoms with Crippen LogP contribution in [0.25, 0.3) is 17.0 Å². The maximum Gasteiger partial charge on any atom is 0.416 e. The summed E-state index contributed by atoms with van der Waals surface area (Å²) in [7, 11) is 0. The van der Waals surface area contributed by atoms with Gasteiger partial charge in [0.15, 0.2) is 11.5 Å². The number of aromatic nitrogens is 1. The molecule has 7 heteroatoms. The topological polar surface area (TPSA) is 112 Å². The number of nitrogens with zero attached hydrogens (tertiary/aromatic N) is 1. The van der Waals surface area contributed by atoms with Crippen molar-refractivity contribution in [1.82, 2.24) is 9.88 Å². The van der Waals surface area contributed by atoms with Crippen LogP contribution in [-0.2, 0) is 11.2 Å². The van der Waals surface area contributed by atoms with Crippen molar-refractivity contribution in [3.63, 3.8) is 0 Å². The minimum atomic E-state index is -1.06. The summed E-state index contributed by atoms with van der Waals surface area (Å²) in [5.41, 5.74) is 2.01. The third kappa shape index (κ3) is 4.15. The number of carboxylic acid groups (broad SMARTS) is 1. The van der Waals surface area contributed by atoms with Gasteiger partial charge in [0.2, 0.25) is 5.91 Å². The lowest BCUT2D eigenvalue weighted by atomic mass is 10.1. The van der Waals surface area contributed by atoms with E-state index in [-0.39, 0.29) is 23.4 Å². The predicted molar refractivity (Wildman–Crippen MR) is 105 cm³/mol. The Bertz CT molecular complexity index is 1070. The van der Waals surface area contributed by atoms with Crippen LogP contribution in [0.1, 0.15) is 18.1 Å². The molecule has 0 fully saturated rings. The largest absolute Gasteiger partial charge is 0.504 e. The highest BCUT2D eigenvalue weighted by molar-refractivity contribution is 5.93. The van der Waals surface area contributed by atoms with Crippen LogP contribution in [0.2, 0.25) is 0 Å². The van der Waals surface area contributed by atoms with Crippen molar-refractivity contribution in [2.75, 3.05) is 0 Å². The summed E-state index contributed by atoms with van der Waals surface area (Å²) < 4.78 is 1.18. The predicted octanol–water partition coefficient (Wildman–Crippen LogP) is 3.34. The van der Waals surface area contributed by atoms with Crippen LogP contribution in [0, 0.1) is 0 Å². The molecule has 0 aliphatic heterocycles. The molecule has 3 rings (SSSR count). The minimum Gasteiger partial charge on any atom is -0.504 e. The Morgan fingerprint density at radius 1 is 1.14 bits per heavy atom. The number of benzene rings is 2. The van der Waals surface area contributed by atoms with E-state index in [1.807, 2.05) is 19.1 Å². The molecule has 0 spiro atoms. The molecule has 0 radical (unpaired) electrons. The van der Waals surface area contributed by atoms with Crippen LogP contribution in [0.3, 0.4) is 0 Å². The molecule has 0 saturated carbocycles. The van der Waals surface area contributed by atoms with Crippen LogP contribution >= 0.6 is 0 Å². The molecular weight excluding hydrogens is 360 g/mol. The third-order valence-corrected chi connectivity index (χ3v) is 4.34. The zero-order valence-corrected chi connectivity index (χ0v) is 15.2. The molecule has 2 aromatic carbocycles. The van der Waals surface area contributed by atoms with E-state index in [1.165, 1.54) is 28.9 Å². The fourth-order valence-electron chi connectivity index (χ4n) is 3.06. The van der Waals surface area contributed by atoms with Crippen molar-refractivity contribution >= 4 is 29.0 Å². The second kappa shape index (κ2) is 7.87. The summed E-state index contributed by atoms with van der Waals surface area (Å²) >= 11 is 0. The van der Waals surface area contributed by atoms with Gasteiger partial charge < -0.3 is 20.6 Å². The second-order valence-electron chi connectivity index (χ2n) is 6.52.